The molecule has 2 aromatic rings. The first-order valence-electron chi connectivity index (χ1n) is 9.41. The molecule has 9 nitrogen and oxygen atoms in total. The van der Waals surface area contributed by atoms with Crippen LogP contribution >= 0.6 is 19.8 Å². The van der Waals surface area contributed by atoms with Gasteiger partial charge in [-0.1, -0.05) is 16.7 Å². The predicted octanol–water partition coefficient (Wildman–Crippen LogP) is 3.64. The van der Waals surface area contributed by atoms with Crippen LogP contribution in [0.15, 0.2) is 24.4 Å². The molecule has 3 atom stereocenters. The number of aromatic hydroxyl groups is 2. The van der Waals surface area contributed by atoms with Crippen LogP contribution in [-0.2, 0) is 25.2 Å². The van der Waals surface area contributed by atoms with Gasteiger partial charge in [0.2, 0.25) is 0 Å². The molecule has 31 heavy (non-hydrogen) atoms. The lowest BCUT2D eigenvalue weighted by atomic mass is 9.96. The smallest absolute Gasteiger partial charge is 0.508 e. The third-order valence-electron chi connectivity index (χ3n) is 4.25. The number of benzene rings is 1. The number of aromatic nitrogens is 1. The average molecular weight is 472 g/mol. The van der Waals surface area contributed by atoms with Crippen LogP contribution in [0.3, 0.4) is 0 Å². The lowest BCUT2D eigenvalue weighted by Crippen LogP contribution is -2.32. The molecule has 0 aliphatic carbocycles. The van der Waals surface area contributed by atoms with E-state index in [1.54, 1.807) is 20.8 Å². The van der Waals surface area contributed by atoms with Gasteiger partial charge in [0.25, 0.3) is 0 Å². The lowest BCUT2D eigenvalue weighted by molar-refractivity contribution is -0.149. The number of phenolic OH excluding ortho intramolecular Hbond substituents is 1. The highest BCUT2D eigenvalue weighted by atomic mass is 35.5. The van der Waals surface area contributed by atoms with E-state index in [-0.39, 0.29) is 51.6 Å². The topological polar surface area (TPSA) is 138 Å². The van der Waals surface area contributed by atoms with Crippen molar-refractivity contribution in [1.29, 1.82) is 0 Å². The van der Waals surface area contributed by atoms with Crippen molar-refractivity contribution < 1.29 is 33.9 Å². The number of carbonyl (C=O) groups is 1. The zero-order chi connectivity index (χ0) is 23.3. The summed E-state index contributed by atoms with van der Waals surface area (Å²) in [6.45, 7) is 6.13. The summed E-state index contributed by atoms with van der Waals surface area (Å²) in [7, 11) is -2.47. The molecule has 0 saturated carbocycles. The van der Waals surface area contributed by atoms with E-state index in [9.17, 15) is 24.7 Å². The molecule has 11 heteroatoms. The second kappa shape index (κ2) is 10.8. The molecule has 0 fully saturated rings. The quantitative estimate of drug-likeness (QED) is 0.319. The Morgan fingerprint density at radius 3 is 2.61 bits per heavy atom. The number of aryl methyl sites for hydroxylation is 1. The fraction of sp³-hybridized carbons (Fsp3) is 0.400. The van der Waals surface area contributed by atoms with Gasteiger partial charge in [0.05, 0.1) is 11.8 Å². The molecule has 1 aromatic heterocycles. The van der Waals surface area contributed by atoms with Crippen molar-refractivity contribution in [3.63, 3.8) is 0 Å². The Morgan fingerprint density at radius 1 is 1.29 bits per heavy atom. The molecule has 0 spiro atoms. The maximum Gasteiger partial charge on any atom is 0.614 e. The van der Waals surface area contributed by atoms with E-state index >= 15 is 0 Å². The van der Waals surface area contributed by atoms with Crippen molar-refractivity contribution in [2.75, 3.05) is 0 Å². The molecule has 0 aliphatic heterocycles. The van der Waals surface area contributed by atoms with Gasteiger partial charge in [0.1, 0.15) is 30.3 Å². The minimum atomic E-state index is -2.47. The molecular formula is C20H25ClN2O7P+. The number of esters is 1. The number of pyridine rings is 1. The minimum absolute atomic E-state index is 0.0515. The summed E-state index contributed by atoms with van der Waals surface area (Å²) in [5, 5.41) is 33.8. The zero-order valence-corrected chi connectivity index (χ0v) is 19.1. The minimum Gasteiger partial charge on any atom is -0.508 e. The van der Waals surface area contributed by atoms with Gasteiger partial charge >= 0.3 is 14.1 Å². The number of hydrogen-bond donors (Lipinski definition) is 4. The fourth-order valence-corrected chi connectivity index (χ4v) is 3.65. The van der Waals surface area contributed by atoms with Crippen LogP contribution in [0.2, 0.25) is 5.02 Å². The van der Waals surface area contributed by atoms with Crippen LogP contribution in [0.4, 0.5) is 0 Å². The molecular weight excluding hydrogens is 447 g/mol. The van der Waals surface area contributed by atoms with Crippen LogP contribution < -0.4 is 5.09 Å². The summed E-state index contributed by atoms with van der Waals surface area (Å²) in [5.74, 6) is -0.979. The number of nitrogens with one attached hydrogen (secondary N) is 1. The Bertz CT molecular complexity index is 971. The third kappa shape index (κ3) is 6.59. The largest absolute Gasteiger partial charge is 0.614 e. The van der Waals surface area contributed by atoms with Crippen molar-refractivity contribution in [1.82, 2.24) is 10.1 Å². The maximum atomic E-state index is 12.2. The van der Waals surface area contributed by atoms with Gasteiger partial charge in [-0.05, 0) is 50.5 Å². The van der Waals surface area contributed by atoms with Crippen molar-refractivity contribution in [3.05, 3.63) is 51.8 Å². The van der Waals surface area contributed by atoms with Crippen molar-refractivity contribution >= 4 is 25.7 Å². The van der Waals surface area contributed by atoms with E-state index < -0.39 is 26.3 Å². The van der Waals surface area contributed by atoms with E-state index in [0.717, 1.165) is 0 Å². The highest BCUT2D eigenvalue weighted by molar-refractivity contribution is 7.36. The molecule has 4 N–H and O–H groups in total. The highest BCUT2D eigenvalue weighted by Crippen LogP contribution is 2.38. The molecule has 1 aromatic carbocycles. The first-order valence-corrected chi connectivity index (χ1v) is 11.0. The van der Waals surface area contributed by atoms with Crippen LogP contribution in [0, 0.1) is 6.92 Å². The molecule has 0 aliphatic rings. The second-order valence-electron chi connectivity index (χ2n) is 7.11. The number of aliphatic hydroxyl groups is 1. The molecule has 2 unspecified atom stereocenters. The summed E-state index contributed by atoms with van der Waals surface area (Å²) in [6, 6.07) is 3.18. The first kappa shape index (κ1) is 25.0. The van der Waals surface area contributed by atoms with Crippen LogP contribution in [0.1, 0.15) is 49.3 Å². The molecule has 0 bridgehead atoms. The Morgan fingerprint density at radius 2 is 1.97 bits per heavy atom. The van der Waals surface area contributed by atoms with Crippen LogP contribution in [0.25, 0.3) is 0 Å². The van der Waals surface area contributed by atoms with Crippen molar-refractivity contribution in [2.24, 2.45) is 0 Å². The van der Waals surface area contributed by atoms with Gasteiger partial charge in [0.15, 0.2) is 0 Å². The van der Waals surface area contributed by atoms with Gasteiger partial charge in [-0.2, -0.15) is 0 Å². The monoisotopic (exact) mass is 471 g/mol. The first-order chi connectivity index (χ1) is 14.5. The van der Waals surface area contributed by atoms with E-state index in [1.807, 2.05) is 0 Å². The number of rotatable bonds is 9. The van der Waals surface area contributed by atoms with Crippen molar-refractivity contribution in [3.8, 4) is 11.5 Å². The molecule has 0 amide bonds. The second-order valence-corrected chi connectivity index (χ2v) is 8.54. The third-order valence-corrected chi connectivity index (χ3v) is 5.55. The van der Waals surface area contributed by atoms with Gasteiger partial charge in [0, 0.05) is 27.9 Å². The highest BCUT2D eigenvalue weighted by Gasteiger charge is 2.30. The van der Waals surface area contributed by atoms with Crippen LogP contribution in [0.5, 0.6) is 11.5 Å². The summed E-state index contributed by atoms with van der Waals surface area (Å²) in [6.07, 6.45) is -0.361. The summed E-state index contributed by atoms with van der Waals surface area (Å²) < 4.78 is 22.5. The number of aliphatic hydroxyl groups excluding tert-OH is 1. The molecule has 0 saturated heterocycles. The van der Waals surface area contributed by atoms with E-state index in [2.05, 4.69) is 10.1 Å². The summed E-state index contributed by atoms with van der Waals surface area (Å²) in [4.78, 5) is 15.9. The number of hydrogen-bond acceptors (Lipinski definition) is 8. The molecule has 168 valence electrons. The van der Waals surface area contributed by atoms with Gasteiger partial charge in [-0.25, -0.2) is 0 Å². The maximum absolute atomic E-state index is 12.2. The SMILES string of the molecule is Cc1ncc(CO[P+](=O)N[C@@H](C)C(=O)OC(C)C)c(C(O)c2cc(O)ccc2Cl)c1O. The van der Waals surface area contributed by atoms with Gasteiger partial charge < -0.3 is 20.1 Å². The van der Waals surface area contributed by atoms with E-state index in [0.29, 0.717) is 0 Å². The summed E-state index contributed by atoms with van der Waals surface area (Å²) >= 11 is 6.14. The zero-order valence-electron chi connectivity index (χ0n) is 17.5. The van der Waals surface area contributed by atoms with E-state index in [4.69, 9.17) is 20.9 Å². The van der Waals surface area contributed by atoms with Crippen LogP contribution in [-0.4, -0.2) is 38.4 Å². The standard InChI is InChI=1S/C20H24ClN2O7P/c1-10(2)30-20(27)12(4)23-31(28)29-9-13-8-22-11(3)18(25)17(13)19(26)15-7-14(24)5-6-16(15)21/h5-8,10,12,19,26H,9H2,1-4H3,(H2-,23,24,25,28)/p+1/t12-,19?/m0/s1. The molecule has 1 heterocycles. The molecule has 0 radical (unpaired) electrons. The number of ether oxygens (including phenoxy) is 1. The number of carbonyl (C=O) groups excluding carboxylic acids is 1. The summed E-state index contributed by atoms with van der Waals surface area (Å²) in [5.41, 5.74) is 0.714. The Labute approximate surface area is 185 Å². The average Bonchev–Trinajstić information content (AvgIpc) is 2.69. The van der Waals surface area contributed by atoms with Gasteiger partial charge in [-0.3, -0.25) is 9.78 Å². The Hall–Kier alpha value is -2.29. The number of nitrogens with zero attached hydrogens (tertiary/aromatic N) is 1. The van der Waals surface area contributed by atoms with Crippen molar-refractivity contribution in [2.45, 2.75) is 52.6 Å². The Balaban J connectivity index is 2.21. The van der Waals surface area contributed by atoms with Gasteiger partial charge in [-0.15, -0.1) is 4.52 Å². The molecule has 2 rings (SSSR count). The number of phenols is 1. The number of halogens is 1. The lowest BCUT2D eigenvalue weighted by Gasteiger charge is -2.18. The normalized spacial score (nSPS) is 13.7. The fourth-order valence-electron chi connectivity index (χ4n) is 2.68. The Kier molecular flexibility index (Phi) is 8.73. The predicted molar refractivity (Wildman–Crippen MR) is 114 cm³/mol. The van der Waals surface area contributed by atoms with E-state index in [1.165, 1.54) is 31.3 Å².